The Morgan fingerprint density at radius 2 is 1.12 bits per heavy atom. The third kappa shape index (κ3) is 251. The van der Waals surface area contributed by atoms with Gasteiger partial charge in [0.25, 0.3) is 0 Å². The van der Waals surface area contributed by atoms with Gasteiger partial charge in [0.2, 0.25) is 0 Å². The third-order valence-corrected chi connectivity index (χ3v) is 0.167. The van der Waals surface area contributed by atoms with Gasteiger partial charge in [0.05, 0.1) is 0 Å². The molecule has 2 nitrogen and oxygen atoms in total. The molecule has 0 aromatic carbocycles. The largest absolute Gasteiger partial charge is 0.379 e. The van der Waals surface area contributed by atoms with Gasteiger partial charge in [0.15, 0.2) is 0 Å². The van der Waals surface area contributed by atoms with E-state index in [0.717, 1.165) is 0 Å². The lowest BCUT2D eigenvalue weighted by molar-refractivity contribution is 0.00819. The van der Waals surface area contributed by atoms with Crippen molar-refractivity contribution in [1.29, 1.82) is 0 Å². The van der Waals surface area contributed by atoms with Crippen LogP contribution in [0.1, 0.15) is 0 Å². The number of alkyl halides is 3. The second kappa shape index (κ2) is 9.86. The summed E-state index contributed by atoms with van der Waals surface area (Å²) in [6.45, 7) is -2.47. The van der Waals surface area contributed by atoms with Crippen LogP contribution in [0, 0.1) is 0 Å². The van der Waals surface area contributed by atoms with Crippen molar-refractivity contribution < 1.29 is 13.2 Å². The Bertz CT molecular complexity index is 29.0. The Morgan fingerprint density at radius 1 is 1.00 bits per heavy atom. The molecule has 0 heterocycles. The van der Waals surface area contributed by atoms with Gasteiger partial charge < -0.3 is 11.5 Å². The zero-order valence-corrected chi connectivity index (χ0v) is 4.28. The van der Waals surface area contributed by atoms with E-state index in [9.17, 15) is 13.2 Å². The summed E-state index contributed by atoms with van der Waals surface area (Å²) in [6, 6.07) is 0. The smallest absolute Gasteiger partial charge is 0.329 e. The maximum Gasteiger partial charge on any atom is 0.379 e. The van der Waals surface area contributed by atoms with Crippen molar-refractivity contribution in [3.63, 3.8) is 0 Å². The third-order valence-electron chi connectivity index (χ3n) is 0.167. The van der Waals surface area contributed by atoms with Crippen molar-refractivity contribution in [1.82, 2.24) is 0 Å². The molecule has 0 aromatic rings. The highest BCUT2D eigenvalue weighted by Gasteiger charge is 1.86. The second-order valence-corrected chi connectivity index (χ2v) is 0.825. The molecule has 0 aliphatic rings. The van der Waals surface area contributed by atoms with Gasteiger partial charge in [-0.3, -0.25) is 0 Å². The average Bonchev–Trinajstić information content (AvgIpc) is 1.65. The summed E-state index contributed by atoms with van der Waals surface area (Å²) in [4.78, 5) is 0. The Balaban J connectivity index is 0. The van der Waals surface area contributed by atoms with Crippen LogP contribution in [-0.4, -0.2) is 19.8 Å². The number of hydrogen-bond acceptors (Lipinski definition) is 2. The van der Waals surface area contributed by atoms with Crippen LogP contribution in [-0.2, 0) is 0 Å². The predicted molar refractivity (Wildman–Crippen MR) is 25.2 cm³/mol. The lowest BCUT2D eigenvalue weighted by atomic mass is 10.7. The number of nitrogens with two attached hydrogens (primary N) is 2. The molecule has 5 heteroatoms. The SMILES string of the molecule is FC(F)F.NCCN. The van der Waals surface area contributed by atoms with Crippen LogP contribution in [0.4, 0.5) is 13.2 Å². The molecule has 0 unspecified atom stereocenters. The molecule has 0 spiro atoms. The minimum atomic E-state index is -3.67. The van der Waals surface area contributed by atoms with Crippen molar-refractivity contribution in [2.24, 2.45) is 11.5 Å². The van der Waals surface area contributed by atoms with E-state index in [1.54, 1.807) is 0 Å². The predicted octanol–water partition coefficient (Wildman–Crippen LogP) is 0.0823. The van der Waals surface area contributed by atoms with Gasteiger partial charge in [-0.05, 0) is 0 Å². The summed E-state index contributed by atoms with van der Waals surface area (Å²) < 4.78 is 29.0. The molecule has 4 N–H and O–H groups in total. The number of hydrogen-bond donors (Lipinski definition) is 2. The maximum absolute atomic E-state index is 9.67. The summed E-state index contributed by atoms with van der Waals surface area (Å²) in [7, 11) is 0. The molecule has 0 aromatic heterocycles. The van der Waals surface area contributed by atoms with Gasteiger partial charge in [-0.1, -0.05) is 0 Å². The summed E-state index contributed by atoms with van der Waals surface area (Å²) >= 11 is 0. The fourth-order valence-electron chi connectivity index (χ4n) is 0. The zero-order valence-electron chi connectivity index (χ0n) is 4.28. The van der Waals surface area contributed by atoms with E-state index in [4.69, 9.17) is 11.5 Å². The quantitative estimate of drug-likeness (QED) is 0.528. The first-order valence-corrected chi connectivity index (χ1v) is 1.97. The molecule has 0 fully saturated rings. The minimum Gasteiger partial charge on any atom is -0.329 e. The van der Waals surface area contributed by atoms with E-state index in [-0.39, 0.29) is 0 Å². The normalized spacial score (nSPS) is 8.25. The Labute approximate surface area is 45.7 Å². The van der Waals surface area contributed by atoms with Gasteiger partial charge in [-0.2, -0.15) is 13.2 Å². The fourth-order valence-corrected chi connectivity index (χ4v) is 0. The highest BCUT2D eigenvalue weighted by atomic mass is 19.4. The lowest BCUT2D eigenvalue weighted by Gasteiger charge is -1.72. The summed E-state index contributed by atoms with van der Waals surface area (Å²) in [5.74, 6) is 0. The molecule has 0 radical (unpaired) electrons. The van der Waals surface area contributed by atoms with Gasteiger partial charge >= 0.3 is 6.68 Å². The summed E-state index contributed by atoms with van der Waals surface area (Å²) in [6.07, 6.45) is 0. The topological polar surface area (TPSA) is 52.0 Å². The maximum atomic E-state index is 9.67. The second-order valence-electron chi connectivity index (χ2n) is 0.825. The van der Waals surface area contributed by atoms with E-state index in [0.29, 0.717) is 13.1 Å². The molecule has 0 atom stereocenters. The van der Waals surface area contributed by atoms with Crippen LogP contribution in [0.25, 0.3) is 0 Å². The first-order valence-electron chi connectivity index (χ1n) is 1.97. The van der Waals surface area contributed by atoms with Crippen LogP contribution in [0.2, 0.25) is 0 Å². The molecule has 0 aliphatic heterocycles. The minimum absolute atomic E-state index is 0.597. The summed E-state index contributed by atoms with van der Waals surface area (Å²) in [5.41, 5.74) is 9.81. The van der Waals surface area contributed by atoms with Crippen LogP contribution in [0.5, 0.6) is 0 Å². The van der Waals surface area contributed by atoms with Crippen LogP contribution < -0.4 is 11.5 Å². The van der Waals surface area contributed by atoms with Crippen molar-refractivity contribution in [2.75, 3.05) is 13.1 Å². The first-order chi connectivity index (χ1) is 3.65. The highest BCUT2D eigenvalue weighted by molar-refractivity contribution is 4.26. The Morgan fingerprint density at radius 3 is 1.12 bits per heavy atom. The van der Waals surface area contributed by atoms with Crippen LogP contribution in [0.15, 0.2) is 0 Å². The molecule has 52 valence electrons. The van der Waals surface area contributed by atoms with Gasteiger partial charge in [0.1, 0.15) is 0 Å². The van der Waals surface area contributed by atoms with E-state index in [1.165, 1.54) is 0 Å². The first kappa shape index (κ1) is 10.6. The molecule has 8 heavy (non-hydrogen) atoms. The Hall–Kier alpha value is -0.290. The molecule has 0 saturated carbocycles. The van der Waals surface area contributed by atoms with Crippen molar-refractivity contribution >= 4 is 0 Å². The average molecular weight is 130 g/mol. The monoisotopic (exact) mass is 130 g/mol. The van der Waals surface area contributed by atoms with Crippen molar-refractivity contribution in [3.05, 3.63) is 0 Å². The van der Waals surface area contributed by atoms with Gasteiger partial charge in [0, 0.05) is 13.1 Å². The van der Waals surface area contributed by atoms with Gasteiger partial charge in [-0.25, -0.2) is 0 Å². The zero-order chi connectivity index (χ0) is 6.99. The fraction of sp³-hybridized carbons (Fsp3) is 1.00. The van der Waals surface area contributed by atoms with E-state index >= 15 is 0 Å². The lowest BCUT2D eigenvalue weighted by Crippen LogP contribution is -2.11. The van der Waals surface area contributed by atoms with Crippen LogP contribution in [0.3, 0.4) is 0 Å². The number of halogens is 3. The van der Waals surface area contributed by atoms with Gasteiger partial charge in [-0.15, -0.1) is 0 Å². The molecular weight excluding hydrogens is 121 g/mol. The number of rotatable bonds is 1. The molecule has 0 aliphatic carbocycles. The van der Waals surface area contributed by atoms with Crippen LogP contribution >= 0.6 is 0 Å². The van der Waals surface area contributed by atoms with E-state index in [1.807, 2.05) is 0 Å². The van der Waals surface area contributed by atoms with E-state index in [2.05, 4.69) is 0 Å². The van der Waals surface area contributed by atoms with E-state index < -0.39 is 6.68 Å². The van der Waals surface area contributed by atoms with Crippen molar-refractivity contribution in [3.8, 4) is 0 Å². The molecule has 0 bridgehead atoms. The standard InChI is InChI=1S/C2H8N2.CHF3/c3-1-2-4;2-1(3)4/h1-4H2;1H. The molecule has 0 amide bonds. The van der Waals surface area contributed by atoms with Crippen molar-refractivity contribution in [2.45, 2.75) is 6.68 Å². The Kier molecular flexibility index (Phi) is 13.1. The molecule has 0 rings (SSSR count). The molecule has 0 saturated heterocycles. The highest BCUT2D eigenvalue weighted by Crippen LogP contribution is 1.87. The molecular formula is C3H9F3N2. The summed E-state index contributed by atoms with van der Waals surface area (Å²) in [5, 5.41) is 0.